The van der Waals surface area contributed by atoms with Crippen molar-refractivity contribution in [3.05, 3.63) is 223 Å². The van der Waals surface area contributed by atoms with E-state index in [9.17, 15) is 10.5 Å². The molecule has 0 atom stereocenters. The van der Waals surface area contributed by atoms with Gasteiger partial charge >= 0.3 is 0 Å². The van der Waals surface area contributed by atoms with Gasteiger partial charge in [0.15, 0.2) is 17.5 Å². The normalized spacial score (nSPS) is 11.8. The number of nitrogens with zero attached hydrogens (tertiary/aromatic N) is 7. The molecule has 7 nitrogen and oxygen atoms in total. The molecule has 0 aliphatic heterocycles. The van der Waals surface area contributed by atoms with Crippen molar-refractivity contribution in [3.8, 4) is 68.8 Å². The van der Waals surface area contributed by atoms with Crippen molar-refractivity contribution in [3.63, 3.8) is 0 Å². The summed E-state index contributed by atoms with van der Waals surface area (Å²) in [5, 5.41) is 30.9. The number of nitriles is 2. The van der Waals surface area contributed by atoms with Crippen LogP contribution in [-0.2, 0) is 0 Å². The first kappa shape index (κ1) is 42.0. The number of hydrogen-bond acceptors (Lipinski definition) is 7. The molecule has 0 saturated heterocycles. The second kappa shape index (κ2) is 16.4. The van der Waals surface area contributed by atoms with Crippen LogP contribution in [0, 0.1) is 22.7 Å². The molecule has 5 aromatic heterocycles. The van der Waals surface area contributed by atoms with Crippen molar-refractivity contribution in [1.82, 2.24) is 24.1 Å². The van der Waals surface area contributed by atoms with Gasteiger partial charge in [0.05, 0.1) is 50.6 Å². The summed E-state index contributed by atoms with van der Waals surface area (Å²) in [6, 6.07) is 78.1. The van der Waals surface area contributed by atoms with Crippen molar-refractivity contribution < 1.29 is 0 Å². The molecule has 74 heavy (non-hydrogen) atoms. The van der Waals surface area contributed by atoms with Gasteiger partial charge in [-0.3, -0.25) is 0 Å². The largest absolute Gasteiger partial charge is 0.309 e. The maximum Gasteiger partial charge on any atom is 0.164 e. The highest BCUT2D eigenvalue weighted by molar-refractivity contribution is 7.27. The fourth-order valence-corrected chi connectivity index (χ4v) is 13.7. The molecule has 0 radical (unpaired) electrons. The van der Waals surface area contributed by atoms with E-state index in [-0.39, 0.29) is 0 Å². The molecule has 0 unspecified atom stereocenters. The minimum atomic E-state index is 0.443. The van der Waals surface area contributed by atoms with E-state index in [0.717, 1.165) is 61.1 Å². The summed E-state index contributed by atoms with van der Waals surface area (Å²) in [6.07, 6.45) is 0. The van der Waals surface area contributed by atoms with Crippen molar-refractivity contribution in [2.45, 2.75) is 0 Å². The van der Waals surface area contributed by atoms with Crippen molar-refractivity contribution >= 4 is 107 Å². The Morgan fingerprint density at radius 3 is 1.45 bits per heavy atom. The zero-order chi connectivity index (χ0) is 49.0. The van der Waals surface area contributed by atoms with Crippen LogP contribution >= 0.6 is 22.7 Å². The second-order valence-corrected chi connectivity index (χ2v) is 20.6. The third kappa shape index (κ3) is 6.31. The molecule has 0 bridgehead atoms. The smallest absolute Gasteiger partial charge is 0.164 e. The van der Waals surface area contributed by atoms with E-state index in [0.29, 0.717) is 34.2 Å². The number of aromatic nitrogens is 5. The summed E-state index contributed by atoms with van der Waals surface area (Å²) < 4.78 is 9.57. The molecule has 0 amide bonds. The summed E-state index contributed by atoms with van der Waals surface area (Å²) in [4.78, 5) is 15.5. The van der Waals surface area contributed by atoms with Crippen LogP contribution in [0.15, 0.2) is 212 Å². The fourth-order valence-electron chi connectivity index (χ4n) is 11.2. The Morgan fingerprint density at radius 1 is 0.351 bits per heavy atom. The lowest BCUT2D eigenvalue weighted by Crippen LogP contribution is -2.03. The maximum atomic E-state index is 11.0. The molecule has 0 aliphatic carbocycles. The SMILES string of the molecule is N#Cc1cccc(-c2cc(-c3nc(-c4ccccc4)nc(-c4ccc(-n5c6ccccc6c6c7sc8ccccc8c7ccc65)c(C#N)c4)n3)ccc2-n2c3ccccc3c3c4sc5ccccc5c4ccc32)c1. The fraction of sp³-hybridized carbons (Fsp3) is 0. The molecule has 5 heterocycles. The van der Waals surface area contributed by atoms with Crippen LogP contribution in [0.25, 0.3) is 141 Å². The van der Waals surface area contributed by atoms with Gasteiger partial charge in [0.2, 0.25) is 0 Å². The van der Waals surface area contributed by atoms with Gasteiger partial charge in [0, 0.05) is 84.1 Å². The third-order valence-electron chi connectivity index (χ3n) is 14.4. The molecule has 10 aromatic carbocycles. The van der Waals surface area contributed by atoms with Gasteiger partial charge in [-0.25, -0.2) is 15.0 Å². The lowest BCUT2D eigenvalue weighted by molar-refractivity contribution is 1.07. The predicted molar refractivity (Wildman–Crippen MR) is 305 cm³/mol. The lowest BCUT2D eigenvalue weighted by atomic mass is 9.98. The average Bonchev–Trinajstić information content (AvgIpc) is 4.24. The number of hydrogen-bond donors (Lipinski definition) is 0. The Balaban J connectivity index is 0.923. The van der Waals surface area contributed by atoms with Gasteiger partial charge < -0.3 is 9.13 Å². The van der Waals surface area contributed by atoms with Gasteiger partial charge in [-0.2, -0.15) is 10.5 Å². The summed E-state index contributed by atoms with van der Waals surface area (Å²) in [5.41, 5.74) is 11.1. The first-order valence-corrected chi connectivity index (χ1v) is 25.9. The van der Waals surface area contributed by atoms with E-state index in [1.807, 2.05) is 89.4 Å². The van der Waals surface area contributed by atoms with Crippen LogP contribution in [0.2, 0.25) is 0 Å². The minimum absolute atomic E-state index is 0.443. The Labute approximate surface area is 431 Å². The Bertz CT molecular complexity index is 4950. The van der Waals surface area contributed by atoms with Gasteiger partial charge in [-0.05, 0) is 90.5 Å². The third-order valence-corrected chi connectivity index (χ3v) is 16.9. The Morgan fingerprint density at radius 2 is 0.851 bits per heavy atom. The van der Waals surface area contributed by atoms with E-state index in [2.05, 4.69) is 167 Å². The van der Waals surface area contributed by atoms with Crippen molar-refractivity contribution in [2.75, 3.05) is 0 Å². The van der Waals surface area contributed by atoms with Gasteiger partial charge in [0.25, 0.3) is 0 Å². The molecule has 342 valence electrons. The molecule has 9 heteroatoms. The van der Waals surface area contributed by atoms with E-state index in [1.165, 1.54) is 56.5 Å². The monoisotopic (exact) mass is 977 g/mol. The minimum Gasteiger partial charge on any atom is -0.309 e. The molecular formula is C65H35N7S2. The van der Waals surface area contributed by atoms with Crippen LogP contribution in [-0.4, -0.2) is 24.1 Å². The number of fused-ring (bicyclic) bond motifs is 14. The van der Waals surface area contributed by atoms with E-state index >= 15 is 0 Å². The predicted octanol–water partition coefficient (Wildman–Crippen LogP) is 17.2. The molecule has 0 saturated carbocycles. The second-order valence-electron chi connectivity index (χ2n) is 18.5. The zero-order valence-electron chi connectivity index (χ0n) is 39.2. The number of thiophene rings is 2. The lowest BCUT2D eigenvalue weighted by Gasteiger charge is -2.16. The molecular weight excluding hydrogens is 943 g/mol. The molecule has 15 rings (SSSR count). The van der Waals surface area contributed by atoms with E-state index < -0.39 is 0 Å². The zero-order valence-corrected chi connectivity index (χ0v) is 40.8. The quantitative estimate of drug-likeness (QED) is 0.165. The molecule has 0 N–H and O–H groups in total. The van der Waals surface area contributed by atoms with Crippen molar-refractivity contribution in [1.29, 1.82) is 10.5 Å². The Hall–Kier alpha value is -9.77. The van der Waals surface area contributed by atoms with Crippen LogP contribution in [0.4, 0.5) is 0 Å². The average molecular weight is 978 g/mol. The molecule has 0 fully saturated rings. The maximum absolute atomic E-state index is 11.0. The van der Waals surface area contributed by atoms with Crippen LogP contribution < -0.4 is 0 Å². The van der Waals surface area contributed by atoms with Gasteiger partial charge in [0.1, 0.15) is 6.07 Å². The summed E-state index contributed by atoms with van der Waals surface area (Å²) >= 11 is 3.64. The van der Waals surface area contributed by atoms with Crippen LogP contribution in [0.3, 0.4) is 0 Å². The summed E-state index contributed by atoms with van der Waals surface area (Å²) in [6.45, 7) is 0. The van der Waals surface area contributed by atoms with E-state index in [1.54, 1.807) is 0 Å². The highest BCUT2D eigenvalue weighted by Gasteiger charge is 2.23. The van der Waals surface area contributed by atoms with Crippen molar-refractivity contribution in [2.24, 2.45) is 0 Å². The Kier molecular flexibility index (Phi) is 9.29. The first-order chi connectivity index (χ1) is 36.6. The number of para-hydroxylation sites is 2. The summed E-state index contributed by atoms with van der Waals surface area (Å²) in [5.74, 6) is 1.43. The standard InChI is InChI=1S/C65H35N7S2/c66-36-38-13-12-16-40(33-38)50-35-42(26-30-54(50)72-53-22-9-5-20-49(53)60-56(72)32-28-47-45-18-7-11-24-58(45)74-62(47)60)65-69-63(39-14-2-1-3-15-39)68-64(70-65)41-25-29-51(43(34-41)37-67)71-52-21-8-4-19-48(52)59-55(71)31-27-46-44-17-6-10-23-57(44)73-61(46)59/h1-35H. The molecule has 15 aromatic rings. The highest BCUT2D eigenvalue weighted by Crippen LogP contribution is 2.46. The van der Waals surface area contributed by atoms with Gasteiger partial charge in [-0.1, -0.05) is 127 Å². The molecule has 0 aliphatic rings. The van der Waals surface area contributed by atoms with E-state index in [4.69, 9.17) is 15.0 Å². The number of benzene rings is 10. The topological polar surface area (TPSA) is 96.1 Å². The van der Waals surface area contributed by atoms with Gasteiger partial charge in [-0.15, -0.1) is 22.7 Å². The van der Waals surface area contributed by atoms with Crippen LogP contribution in [0.1, 0.15) is 11.1 Å². The molecule has 0 spiro atoms. The highest BCUT2D eigenvalue weighted by atomic mass is 32.1. The first-order valence-electron chi connectivity index (χ1n) is 24.3. The number of rotatable bonds is 6. The van der Waals surface area contributed by atoms with Crippen LogP contribution in [0.5, 0.6) is 0 Å². The summed E-state index contributed by atoms with van der Waals surface area (Å²) in [7, 11) is 0.